The molecule has 0 fully saturated rings. The molecule has 0 bridgehead atoms. The second-order valence-corrected chi connectivity index (χ2v) is 7.46. The van der Waals surface area contributed by atoms with Crippen molar-refractivity contribution >= 4 is 21.6 Å². The summed E-state index contributed by atoms with van der Waals surface area (Å²) >= 11 is 0. The van der Waals surface area contributed by atoms with Crippen LogP contribution in [0.15, 0.2) is 12.4 Å². The van der Waals surface area contributed by atoms with E-state index in [1.165, 1.54) is 17.3 Å². The summed E-state index contributed by atoms with van der Waals surface area (Å²) in [4.78, 5) is 21.6. The minimum absolute atomic E-state index is 0.397. The third kappa shape index (κ3) is 4.66. The maximum atomic E-state index is 12.1. The van der Waals surface area contributed by atoms with E-state index in [2.05, 4.69) is 15.3 Å². The van der Waals surface area contributed by atoms with Gasteiger partial charge in [0.1, 0.15) is 5.82 Å². The van der Waals surface area contributed by atoms with Gasteiger partial charge in [0.15, 0.2) is 9.84 Å². The summed E-state index contributed by atoms with van der Waals surface area (Å²) in [7, 11) is -1.65. The Balaban J connectivity index is 2.73. The molecule has 21 heavy (non-hydrogen) atoms. The zero-order valence-corrected chi connectivity index (χ0v) is 13.8. The highest BCUT2D eigenvalue weighted by atomic mass is 32.2. The molecule has 8 heteroatoms. The molecule has 0 aliphatic rings. The van der Waals surface area contributed by atoms with E-state index in [0.717, 1.165) is 12.7 Å². The highest BCUT2D eigenvalue weighted by Crippen LogP contribution is 2.12. The number of anilines is 1. The van der Waals surface area contributed by atoms with E-state index in [1.54, 1.807) is 20.9 Å². The summed E-state index contributed by atoms with van der Waals surface area (Å²) in [6.07, 6.45) is 4.94. The number of hydrogen-bond donors (Lipinski definition) is 1. The molecule has 0 radical (unpaired) electrons. The summed E-state index contributed by atoms with van der Waals surface area (Å²) in [6, 6.07) is -0.846. The molecule has 118 valence electrons. The van der Waals surface area contributed by atoms with E-state index in [-0.39, 0.29) is 0 Å². The Morgan fingerprint density at radius 1 is 1.33 bits per heavy atom. The highest BCUT2D eigenvalue weighted by Gasteiger charge is 2.28. The third-order valence-electron chi connectivity index (χ3n) is 3.56. The van der Waals surface area contributed by atoms with Gasteiger partial charge in [0.25, 0.3) is 0 Å². The van der Waals surface area contributed by atoms with Crippen LogP contribution in [0.1, 0.15) is 26.6 Å². The predicted molar refractivity (Wildman–Crippen MR) is 82.0 cm³/mol. The van der Waals surface area contributed by atoms with Gasteiger partial charge in [-0.25, -0.2) is 23.2 Å². The molecule has 0 aliphatic carbocycles. The van der Waals surface area contributed by atoms with Gasteiger partial charge < -0.3 is 10.2 Å². The standard InChI is InChI=1S/C13H22N4O3S/c1-6-12-14-7-11(8-15-12)16-13(18)17(4)9(2)10(3)21(5,19)20/h7-10H,6H2,1-5H3,(H,16,18)/t9-,10+/m0/s1. The summed E-state index contributed by atoms with van der Waals surface area (Å²) in [5.74, 6) is 0.695. The van der Waals surface area contributed by atoms with Crippen molar-refractivity contribution in [1.29, 1.82) is 0 Å². The third-order valence-corrected chi connectivity index (χ3v) is 5.30. The number of hydrogen-bond acceptors (Lipinski definition) is 5. The van der Waals surface area contributed by atoms with E-state index >= 15 is 0 Å². The number of aryl methyl sites for hydroxylation is 1. The van der Waals surface area contributed by atoms with E-state index in [4.69, 9.17) is 0 Å². The van der Waals surface area contributed by atoms with Crippen molar-refractivity contribution in [2.24, 2.45) is 0 Å². The van der Waals surface area contributed by atoms with Crippen molar-refractivity contribution < 1.29 is 13.2 Å². The van der Waals surface area contributed by atoms with Crippen LogP contribution in [0.3, 0.4) is 0 Å². The topological polar surface area (TPSA) is 92.3 Å². The Hall–Kier alpha value is -1.70. The van der Waals surface area contributed by atoms with E-state index in [0.29, 0.717) is 11.5 Å². The number of sulfone groups is 1. The van der Waals surface area contributed by atoms with Gasteiger partial charge in [0.05, 0.1) is 23.3 Å². The molecule has 1 aromatic rings. The lowest BCUT2D eigenvalue weighted by Crippen LogP contribution is -2.46. The molecule has 2 amide bonds. The van der Waals surface area contributed by atoms with Crippen molar-refractivity contribution in [3.63, 3.8) is 0 Å². The van der Waals surface area contributed by atoms with E-state index in [1.807, 2.05) is 6.92 Å². The quantitative estimate of drug-likeness (QED) is 0.885. The number of carbonyl (C=O) groups excluding carboxylic acids is 1. The van der Waals surface area contributed by atoms with Crippen molar-refractivity contribution in [2.45, 2.75) is 38.5 Å². The molecule has 0 aliphatic heterocycles. The van der Waals surface area contributed by atoms with Crippen molar-refractivity contribution in [3.05, 3.63) is 18.2 Å². The van der Waals surface area contributed by atoms with Gasteiger partial charge in [0.2, 0.25) is 0 Å². The molecule has 0 saturated carbocycles. The first-order valence-corrected chi connectivity index (χ1v) is 8.65. The fourth-order valence-electron chi connectivity index (χ4n) is 1.67. The first kappa shape index (κ1) is 17.4. The van der Waals surface area contributed by atoms with Gasteiger partial charge in [-0.2, -0.15) is 0 Å². The molecule has 0 saturated heterocycles. The molecular formula is C13H22N4O3S. The Labute approximate surface area is 125 Å². The first-order valence-electron chi connectivity index (χ1n) is 6.70. The number of nitrogens with one attached hydrogen (secondary N) is 1. The van der Waals surface area contributed by atoms with Crippen LogP contribution in [0.4, 0.5) is 10.5 Å². The molecular weight excluding hydrogens is 292 g/mol. The summed E-state index contributed by atoms with van der Waals surface area (Å²) in [5.41, 5.74) is 0.475. The lowest BCUT2D eigenvalue weighted by molar-refractivity contribution is 0.207. The molecule has 1 aromatic heterocycles. The lowest BCUT2D eigenvalue weighted by Gasteiger charge is -2.28. The molecule has 0 unspecified atom stereocenters. The smallest absolute Gasteiger partial charge is 0.321 e. The maximum Gasteiger partial charge on any atom is 0.321 e. The zero-order chi connectivity index (χ0) is 16.2. The first-order chi connectivity index (χ1) is 9.66. The second kappa shape index (κ2) is 6.84. The number of amides is 2. The van der Waals surface area contributed by atoms with Crippen LogP contribution in [-0.4, -0.2) is 53.9 Å². The largest absolute Gasteiger partial charge is 0.324 e. The maximum absolute atomic E-state index is 12.1. The SMILES string of the molecule is CCc1ncc(NC(=O)N(C)[C@@H](C)[C@@H](C)S(C)(=O)=O)cn1. The number of carbonyl (C=O) groups is 1. The van der Waals surface area contributed by atoms with Gasteiger partial charge in [0, 0.05) is 25.8 Å². The van der Waals surface area contributed by atoms with E-state index < -0.39 is 27.2 Å². The van der Waals surface area contributed by atoms with Crippen molar-refractivity contribution in [1.82, 2.24) is 14.9 Å². The van der Waals surface area contributed by atoms with Crippen LogP contribution in [0.2, 0.25) is 0 Å². The minimum atomic E-state index is -3.21. The van der Waals surface area contributed by atoms with Crippen molar-refractivity contribution in [3.8, 4) is 0 Å². The average Bonchev–Trinajstić information content (AvgIpc) is 2.44. The molecule has 0 spiro atoms. The lowest BCUT2D eigenvalue weighted by atomic mass is 10.2. The summed E-state index contributed by atoms with van der Waals surface area (Å²) in [5, 5.41) is 2.00. The zero-order valence-electron chi connectivity index (χ0n) is 13.0. The summed E-state index contributed by atoms with van der Waals surface area (Å²) < 4.78 is 23.1. The van der Waals surface area contributed by atoms with Crippen LogP contribution in [0, 0.1) is 0 Å². The normalized spacial score (nSPS) is 14.3. The number of aromatic nitrogens is 2. The van der Waals surface area contributed by atoms with Crippen LogP contribution < -0.4 is 5.32 Å². The number of nitrogens with zero attached hydrogens (tertiary/aromatic N) is 3. The molecule has 1 N–H and O–H groups in total. The fourth-order valence-corrected chi connectivity index (χ4v) is 2.57. The fraction of sp³-hybridized carbons (Fsp3) is 0.615. The monoisotopic (exact) mass is 314 g/mol. The Morgan fingerprint density at radius 3 is 2.29 bits per heavy atom. The van der Waals surface area contributed by atoms with Gasteiger partial charge >= 0.3 is 6.03 Å². The van der Waals surface area contributed by atoms with Gasteiger partial charge in [-0.1, -0.05) is 6.92 Å². The van der Waals surface area contributed by atoms with Gasteiger partial charge in [-0.15, -0.1) is 0 Å². The van der Waals surface area contributed by atoms with Crippen LogP contribution >= 0.6 is 0 Å². The number of rotatable bonds is 5. The molecule has 1 rings (SSSR count). The Morgan fingerprint density at radius 2 is 1.86 bits per heavy atom. The number of urea groups is 1. The molecule has 7 nitrogen and oxygen atoms in total. The molecule has 2 atom stereocenters. The van der Waals surface area contributed by atoms with Crippen LogP contribution in [0.25, 0.3) is 0 Å². The van der Waals surface area contributed by atoms with Crippen LogP contribution in [-0.2, 0) is 16.3 Å². The Kier molecular flexibility index (Phi) is 5.65. The average molecular weight is 314 g/mol. The molecule has 0 aromatic carbocycles. The second-order valence-electron chi connectivity index (χ2n) is 5.06. The van der Waals surface area contributed by atoms with E-state index in [9.17, 15) is 13.2 Å². The van der Waals surface area contributed by atoms with Gasteiger partial charge in [-0.05, 0) is 13.8 Å². The van der Waals surface area contributed by atoms with Crippen LogP contribution in [0.5, 0.6) is 0 Å². The highest BCUT2D eigenvalue weighted by molar-refractivity contribution is 7.91. The van der Waals surface area contributed by atoms with Crippen molar-refractivity contribution in [2.75, 3.05) is 18.6 Å². The predicted octanol–water partition coefficient (Wildman–Crippen LogP) is 1.32. The minimum Gasteiger partial charge on any atom is -0.324 e. The molecule has 1 heterocycles. The summed E-state index contributed by atoms with van der Waals surface area (Å²) in [6.45, 7) is 5.22. The Bertz CT molecular complexity index is 586. The van der Waals surface area contributed by atoms with Gasteiger partial charge in [-0.3, -0.25) is 0 Å².